The highest BCUT2D eigenvalue weighted by Crippen LogP contribution is 2.42. The zero-order valence-corrected chi connectivity index (χ0v) is 16.7. The number of halogens is 1. The fourth-order valence-electron chi connectivity index (χ4n) is 3.49. The van der Waals surface area contributed by atoms with Gasteiger partial charge in [-0.15, -0.1) is 0 Å². The Bertz CT molecular complexity index is 1140. The van der Waals surface area contributed by atoms with Crippen LogP contribution in [-0.4, -0.2) is 28.9 Å². The summed E-state index contributed by atoms with van der Waals surface area (Å²) in [6.07, 6.45) is 3.14. The molecule has 1 unspecified atom stereocenters. The number of carbonyl (C=O) groups excluding carboxylic acids is 2. The number of rotatable bonds is 4. The van der Waals surface area contributed by atoms with Crippen LogP contribution in [0.15, 0.2) is 78.6 Å². The third-order valence-corrected chi connectivity index (χ3v) is 5.15. The van der Waals surface area contributed by atoms with Crippen molar-refractivity contribution in [2.45, 2.75) is 6.04 Å². The standard InChI is InChI=1S/C23H17ClN2O4/c1-30-18-7-5-17(6-8-18)26-20(14-9-11-25-12-10-14)19(22(28)23(26)29)21(27)15-3-2-4-16(24)13-15/h2-13,20,27H,1H3/b21-19-. The van der Waals surface area contributed by atoms with Gasteiger partial charge in [0.05, 0.1) is 18.7 Å². The molecule has 0 aliphatic carbocycles. The predicted octanol–water partition coefficient (Wildman–Crippen LogP) is 4.37. The normalized spacial score (nSPS) is 17.9. The Labute approximate surface area is 178 Å². The summed E-state index contributed by atoms with van der Waals surface area (Å²) >= 11 is 6.05. The van der Waals surface area contributed by atoms with Crippen molar-refractivity contribution < 1.29 is 19.4 Å². The van der Waals surface area contributed by atoms with Gasteiger partial charge in [0.1, 0.15) is 11.5 Å². The number of anilines is 1. The first-order chi connectivity index (χ1) is 14.5. The molecular formula is C23H17ClN2O4. The molecule has 1 amide bonds. The number of benzene rings is 2. The largest absolute Gasteiger partial charge is 0.507 e. The van der Waals surface area contributed by atoms with Gasteiger partial charge in [-0.2, -0.15) is 0 Å². The number of carbonyl (C=O) groups is 2. The maximum absolute atomic E-state index is 13.0. The molecule has 150 valence electrons. The SMILES string of the molecule is COc1ccc(N2C(=O)C(=O)/C(=C(\O)c3cccc(Cl)c3)C2c2ccncc2)cc1. The van der Waals surface area contributed by atoms with Gasteiger partial charge in [0.25, 0.3) is 11.7 Å². The first kappa shape index (κ1) is 19.7. The number of nitrogens with zero attached hydrogens (tertiary/aromatic N) is 2. The van der Waals surface area contributed by atoms with Crippen molar-refractivity contribution in [3.8, 4) is 5.75 Å². The predicted molar refractivity (Wildman–Crippen MR) is 113 cm³/mol. The topological polar surface area (TPSA) is 79.7 Å². The minimum atomic E-state index is -0.819. The lowest BCUT2D eigenvalue weighted by Gasteiger charge is -2.25. The molecule has 30 heavy (non-hydrogen) atoms. The quantitative estimate of drug-likeness (QED) is 0.385. The molecule has 6 nitrogen and oxygen atoms in total. The lowest BCUT2D eigenvalue weighted by atomic mass is 9.96. The Balaban J connectivity index is 1.92. The molecule has 1 fully saturated rings. The third kappa shape index (κ3) is 3.42. The van der Waals surface area contributed by atoms with Gasteiger partial charge in [-0.3, -0.25) is 19.5 Å². The molecule has 7 heteroatoms. The third-order valence-electron chi connectivity index (χ3n) is 4.91. The van der Waals surface area contributed by atoms with Crippen LogP contribution < -0.4 is 9.64 Å². The van der Waals surface area contributed by atoms with E-state index in [4.69, 9.17) is 16.3 Å². The number of ether oxygens (including phenoxy) is 1. The molecule has 1 N–H and O–H groups in total. The van der Waals surface area contributed by atoms with Crippen molar-refractivity contribution in [1.82, 2.24) is 4.98 Å². The summed E-state index contributed by atoms with van der Waals surface area (Å²) in [5.41, 5.74) is 1.49. The van der Waals surface area contributed by atoms with E-state index in [-0.39, 0.29) is 11.3 Å². The van der Waals surface area contributed by atoms with Crippen molar-refractivity contribution >= 4 is 34.7 Å². The summed E-state index contributed by atoms with van der Waals surface area (Å²) < 4.78 is 5.18. The Hall–Kier alpha value is -3.64. The first-order valence-corrected chi connectivity index (χ1v) is 9.50. The number of hydrogen-bond acceptors (Lipinski definition) is 5. The second-order valence-electron chi connectivity index (χ2n) is 6.66. The van der Waals surface area contributed by atoms with Gasteiger partial charge in [-0.25, -0.2) is 0 Å². The van der Waals surface area contributed by atoms with Gasteiger partial charge in [0.2, 0.25) is 0 Å². The van der Waals surface area contributed by atoms with Crippen molar-refractivity contribution in [1.29, 1.82) is 0 Å². The molecular weight excluding hydrogens is 404 g/mol. The van der Waals surface area contributed by atoms with E-state index in [0.29, 0.717) is 27.6 Å². The molecule has 1 atom stereocenters. The summed E-state index contributed by atoms with van der Waals surface area (Å²) in [4.78, 5) is 31.4. The molecule has 0 radical (unpaired) electrons. The van der Waals surface area contributed by atoms with E-state index in [1.807, 2.05) is 0 Å². The number of Topliss-reactive ketones (excluding diaryl/α,β-unsaturated/α-hetero) is 1. The van der Waals surface area contributed by atoms with E-state index in [9.17, 15) is 14.7 Å². The molecule has 2 aromatic carbocycles. The number of aromatic nitrogens is 1. The fraction of sp³-hybridized carbons (Fsp3) is 0.0870. The Kier molecular flexibility index (Phi) is 5.25. The van der Waals surface area contributed by atoms with Crippen LogP contribution in [0.5, 0.6) is 5.75 Å². The van der Waals surface area contributed by atoms with Crippen molar-refractivity contribution in [3.63, 3.8) is 0 Å². The summed E-state index contributed by atoms with van der Waals surface area (Å²) in [5, 5.41) is 11.4. The number of pyridine rings is 1. The highest BCUT2D eigenvalue weighted by Gasteiger charge is 2.46. The van der Waals surface area contributed by atoms with Crippen LogP contribution in [0.3, 0.4) is 0 Å². The average Bonchev–Trinajstić information content (AvgIpc) is 3.04. The van der Waals surface area contributed by atoms with Crippen LogP contribution >= 0.6 is 11.6 Å². The second kappa shape index (κ2) is 8.00. The minimum Gasteiger partial charge on any atom is -0.507 e. The van der Waals surface area contributed by atoms with Gasteiger partial charge in [-0.1, -0.05) is 23.7 Å². The van der Waals surface area contributed by atoms with Gasteiger partial charge < -0.3 is 9.84 Å². The summed E-state index contributed by atoms with van der Waals surface area (Å²) in [6.45, 7) is 0. The van der Waals surface area contributed by atoms with Gasteiger partial charge in [-0.05, 0) is 54.1 Å². The van der Waals surface area contributed by atoms with E-state index in [1.54, 1.807) is 80.2 Å². The molecule has 0 spiro atoms. The zero-order valence-electron chi connectivity index (χ0n) is 15.9. The second-order valence-corrected chi connectivity index (χ2v) is 7.09. The molecule has 1 aromatic heterocycles. The highest BCUT2D eigenvalue weighted by molar-refractivity contribution is 6.51. The smallest absolute Gasteiger partial charge is 0.300 e. The number of amides is 1. The van der Waals surface area contributed by atoms with Crippen LogP contribution in [0.25, 0.3) is 5.76 Å². The first-order valence-electron chi connectivity index (χ1n) is 9.12. The Morgan fingerprint density at radius 2 is 1.77 bits per heavy atom. The van der Waals surface area contributed by atoms with Crippen LogP contribution in [0.4, 0.5) is 5.69 Å². The summed E-state index contributed by atoms with van der Waals surface area (Å²) in [7, 11) is 1.54. The number of hydrogen-bond donors (Lipinski definition) is 1. The maximum Gasteiger partial charge on any atom is 0.300 e. The number of ketones is 1. The molecule has 1 aliphatic rings. The van der Waals surface area contributed by atoms with Crippen LogP contribution in [0.2, 0.25) is 5.02 Å². The van der Waals surface area contributed by atoms with Gasteiger partial charge in [0.15, 0.2) is 0 Å². The summed E-state index contributed by atoms with van der Waals surface area (Å²) in [6, 6.07) is 15.9. The lowest BCUT2D eigenvalue weighted by molar-refractivity contribution is -0.132. The maximum atomic E-state index is 13.0. The van der Waals surface area contributed by atoms with E-state index in [1.165, 1.54) is 4.90 Å². The zero-order chi connectivity index (χ0) is 21.3. The average molecular weight is 421 g/mol. The molecule has 1 saturated heterocycles. The Morgan fingerprint density at radius 3 is 2.40 bits per heavy atom. The number of methoxy groups -OCH3 is 1. The van der Waals surface area contributed by atoms with Crippen LogP contribution in [0, 0.1) is 0 Å². The monoisotopic (exact) mass is 420 g/mol. The van der Waals surface area contributed by atoms with Crippen molar-refractivity contribution in [2.75, 3.05) is 12.0 Å². The van der Waals surface area contributed by atoms with Crippen molar-refractivity contribution in [3.05, 3.63) is 94.8 Å². The molecule has 2 heterocycles. The molecule has 0 bridgehead atoms. The number of aliphatic hydroxyl groups excluding tert-OH is 1. The molecule has 3 aromatic rings. The summed E-state index contributed by atoms with van der Waals surface area (Å²) in [5.74, 6) is -1.17. The molecule has 0 saturated carbocycles. The minimum absolute atomic E-state index is 0.00992. The highest BCUT2D eigenvalue weighted by atomic mass is 35.5. The van der Waals surface area contributed by atoms with E-state index < -0.39 is 17.7 Å². The Morgan fingerprint density at radius 1 is 1.07 bits per heavy atom. The van der Waals surface area contributed by atoms with E-state index in [0.717, 1.165) is 0 Å². The van der Waals surface area contributed by atoms with Gasteiger partial charge >= 0.3 is 0 Å². The van der Waals surface area contributed by atoms with Crippen LogP contribution in [-0.2, 0) is 9.59 Å². The van der Waals surface area contributed by atoms with Gasteiger partial charge in [0, 0.05) is 28.7 Å². The van der Waals surface area contributed by atoms with E-state index >= 15 is 0 Å². The van der Waals surface area contributed by atoms with Crippen molar-refractivity contribution in [2.24, 2.45) is 0 Å². The van der Waals surface area contributed by atoms with E-state index in [2.05, 4.69) is 4.98 Å². The fourth-order valence-corrected chi connectivity index (χ4v) is 3.68. The molecule has 1 aliphatic heterocycles. The number of aliphatic hydroxyl groups is 1. The lowest BCUT2D eigenvalue weighted by Crippen LogP contribution is -2.29. The molecule has 4 rings (SSSR count). The van der Waals surface area contributed by atoms with Crippen LogP contribution in [0.1, 0.15) is 17.2 Å².